The summed E-state index contributed by atoms with van der Waals surface area (Å²) in [4.78, 5) is 10.5. The van der Waals surface area contributed by atoms with Crippen LogP contribution in [0.3, 0.4) is 0 Å². The monoisotopic (exact) mass is 199 g/mol. The van der Waals surface area contributed by atoms with Crippen LogP contribution in [0.1, 0.15) is 45.4 Å². The number of carboxylic acid groups (broad SMARTS) is 1. The van der Waals surface area contributed by atoms with Crippen LogP contribution in [-0.2, 0) is 4.79 Å². The summed E-state index contributed by atoms with van der Waals surface area (Å²) in [7, 11) is 0. The van der Waals surface area contributed by atoms with Crippen molar-refractivity contribution in [2.24, 2.45) is 5.92 Å². The lowest BCUT2D eigenvalue weighted by Crippen LogP contribution is -2.34. The number of rotatable bonds is 5. The first-order valence-electron chi connectivity index (χ1n) is 5.67. The molecule has 3 heteroatoms. The van der Waals surface area contributed by atoms with Crippen molar-refractivity contribution in [1.29, 1.82) is 0 Å². The largest absolute Gasteiger partial charge is 0.481 e. The van der Waals surface area contributed by atoms with E-state index in [4.69, 9.17) is 5.11 Å². The Balaban J connectivity index is 2.14. The number of hydrogen-bond acceptors (Lipinski definition) is 2. The molecule has 1 aliphatic rings. The fourth-order valence-electron chi connectivity index (χ4n) is 2.17. The van der Waals surface area contributed by atoms with Crippen molar-refractivity contribution in [2.45, 2.75) is 51.5 Å². The number of carboxylic acids is 1. The third-order valence-electron chi connectivity index (χ3n) is 2.99. The Morgan fingerprint density at radius 1 is 1.36 bits per heavy atom. The molecule has 82 valence electrons. The number of aliphatic carboxylic acids is 1. The van der Waals surface area contributed by atoms with Crippen LogP contribution < -0.4 is 5.32 Å². The van der Waals surface area contributed by atoms with Crippen LogP contribution in [0.15, 0.2) is 0 Å². The maximum absolute atomic E-state index is 10.5. The molecule has 3 nitrogen and oxygen atoms in total. The smallest absolute Gasteiger partial charge is 0.303 e. The normalized spacial score (nSPS) is 27.5. The van der Waals surface area contributed by atoms with Crippen LogP contribution in [0.2, 0.25) is 0 Å². The van der Waals surface area contributed by atoms with E-state index in [-0.39, 0.29) is 0 Å². The Hall–Kier alpha value is -0.570. The topological polar surface area (TPSA) is 49.3 Å². The third-order valence-corrected chi connectivity index (χ3v) is 2.99. The Morgan fingerprint density at radius 3 is 2.50 bits per heavy atom. The summed E-state index contributed by atoms with van der Waals surface area (Å²) < 4.78 is 0. The number of carbonyl (C=O) groups is 1. The molecule has 1 saturated carbocycles. The molecule has 1 rings (SSSR count). The second-order valence-corrected chi connectivity index (χ2v) is 4.27. The van der Waals surface area contributed by atoms with Crippen LogP contribution in [0.5, 0.6) is 0 Å². The maximum atomic E-state index is 10.5. The van der Waals surface area contributed by atoms with Gasteiger partial charge in [-0.05, 0) is 44.6 Å². The average Bonchev–Trinajstić information content (AvgIpc) is 2.16. The fraction of sp³-hybridized carbons (Fsp3) is 0.909. The molecule has 0 aromatic heterocycles. The predicted molar refractivity (Wildman–Crippen MR) is 56.3 cm³/mol. The molecule has 0 unspecified atom stereocenters. The van der Waals surface area contributed by atoms with Crippen molar-refractivity contribution in [3.63, 3.8) is 0 Å². The molecule has 0 radical (unpaired) electrons. The second-order valence-electron chi connectivity index (χ2n) is 4.27. The van der Waals surface area contributed by atoms with Gasteiger partial charge in [-0.25, -0.2) is 0 Å². The summed E-state index contributed by atoms with van der Waals surface area (Å²) in [6.45, 7) is 3.26. The van der Waals surface area contributed by atoms with Crippen LogP contribution in [0.25, 0.3) is 0 Å². The lowest BCUT2D eigenvalue weighted by Gasteiger charge is -2.28. The minimum absolute atomic E-state index is 0.362. The van der Waals surface area contributed by atoms with Crippen molar-refractivity contribution < 1.29 is 9.90 Å². The van der Waals surface area contributed by atoms with E-state index in [1.54, 1.807) is 0 Å². The second kappa shape index (κ2) is 6.02. The van der Waals surface area contributed by atoms with Gasteiger partial charge < -0.3 is 10.4 Å². The van der Waals surface area contributed by atoms with Gasteiger partial charge in [0.15, 0.2) is 0 Å². The van der Waals surface area contributed by atoms with Gasteiger partial charge in [0.05, 0.1) is 0 Å². The van der Waals surface area contributed by atoms with E-state index in [0.29, 0.717) is 18.4 Å². The Morgan fingerprint density at radius 2 is 2.00 bits per heavy atom. The number of nitrogens with one attached hydrogen (secondary N) is 1. The van der Waals surface area contributed by atoms with E-state index in [2.05, 4.69) is 12.2 Å². The quantitative estimate of drug-likeness (QED) is 0.712. The summed E-state index contributed by atoms with van der Waals surface area (Å²) in [6, 6.07) is 0.639. The molecule has 0 saturated heterocycles. The highest BCUT2D eigenvalue weighted by atomic mass is 16.4. The minimum atomic E-state index is -0.644. The summed E-state index contributed by atoms with van der Waals surface area (Å²) >= 11 is 0. The van der Waals surface area contributed by atoms with E-state index in [9.17, 15) is 4.79 Å². The molecule has 2 N–H and O–H groups in total. The molecular formula is C11H21NO2. The standard InChI is InChI=1S/C11H21NO2/c1-2-7-12-10-5-3-9(4-6-10)8-11(13)14/h9-10,12H,2-8H2,1H3,(H,13,14). The van der Waals surface area contributed by atoms with Gasteiger partial charge in [-0.3, -0.25) is 4.79 Å². The summed E-state index contributed by atoms with van der Waals surface area (Å²) in [5.41, 5.74) is 0. The maximum Gasteiger partial charge on any atom is 0.303 e. The van der Waals surface area contributed by atoms with Crippen molar-refractivity contribution in [2.75, 3.05) is 6.54 Å². The molecule has 0 spiro atoms. The SMILES string of the molecule is CCCNC1CCC(CC(=O)O)CC1. The zero-order valence-corrected chi connectivity index (χ0v) is 8.96. The number of hydrogen-bond donors (Lipinski definition) is 2. The minimum Gasteiger partial charge on any atom is -0.481 e. The first-order valence-corrected chi connectivity index (χ1v) is 5.67. The molecule has 0 heterocycles. The van der Waals surface area contributed by atoms with E-state index in [1.807, 2.05) is 0 Å². The molecular weight excluding hydrogens is 178 g/mol. The Bertz CT molecular complexity index is 174. The lowest BCUT2D eigenvalue weighted by molar-refractivity contribution is -0.138. The molecule has 0 aromatic carbocycles. The highest BCUT2D eigenvalue weighted by molar-refractivity contribution is 5.67. The zero-order valence-electron chi connectivity index (χ0n) is 8.96. The average molecular weight is 199 g/mol. The summed E-state index contributed by atoms with van der Waals surface area (Å²) in [6.07, 6.45) is 5.99. The molecule has 0 bridgehead atoms. The van der Waals surface area contributed by atoms with Crippen molar-refractivity contribution in [3.8, 4) is 0 Å². The molecule has 0 amide bonds. The predicted octanol–water partition coefficient (Wildman–Crippen LogP) is 2.02. The van der Waals surface area contributed by atoms with Gasteiger partial charge in [0, 0.05) is 12.5 Å². The van der Waals surface area contributed by atoms with Crippen LogP contribution in [0, 0.1) is 5.92 Å². The first kappa shape index (κ1) is 11.5. The van der Waals surface area contributed by atoms with Crippen molar-refractivity contribution in [3.05, 3.63) is 0 Å². The van der Waals surface area contributed by atoms with Crippen molar-refractivity contribution >= 4 is 5.97 Å². The van der Waals surface area contributed by atoms with Gasteiger partial charge in [0.1, 0.15) is 0 Å². The van der Waals surface area contributed by atoms with Gasteiger partial charge >= 0.3 is 5.97 Å². The zero-order chi connectivity index (χ0) is 10.4. The fourth-order valence-corrected chi connectivity index (χ4v) is 2.17. The van der Waals surface area contributed by atoms with Gasteiger partial charge in [0.25, 0.3) is 0 Å². The molecule has 1 aliphatic carbocycles. The molecule has 14 heavy (non-hydrogen) atoms. The van der Waals surface area contributed by atoms with Gasteiger partial charge in [0.2, 0.25) is 0 Å². The van der Waals surface area contributed by atoms with E-state index < -0.39 is 5.97 Å². The van der Waals surface area contributed by atoms with E-state index in [0.717, 1.165) is 32.2 Å². The van der Waals surface area contributed by atoms with E-state index in [1.165, 1.54) is 6.42 Å². The van der Waals surface area contributed by atoms with Crippen LogP contribution in [0.4, 0.5) is 0 Å². The highest BCUT2D eigenvalue weighted by Gasteiger charge is 2.22. The highest BCUT2D eigenvalue weighted by Crippen LogP contribution is 2.26. The Labute approximate surface area is 85.9 Å². The summed E-state index contributed by atoms with van der Waals surface area (Å²) in [5.74, 6) is -0.220. The summed E-state index contributed by atoms with van der Waals surface area (Å²) in [5, 5.41) is 12.2. The van der Waals surface area contributed by atoms with E-state index >= 15 is 0 Å². The molecule has 0 aromatic rings. The van der Waals surface area contributed by atoms with Gasteiger partial charge in [-0.15, -0.1) is 0 Å². The van der Waals surface area contributed by atoms with Crippen LogP contribution >= 0.6 is 0 Å². The van der Waals surface area contributed by atoms with Crippen molar-refractivity contribution in [1.82, 2.24) is 5.32 Å². The molecule has 1 fully saturated rings. The molecule has 0 aliphatic heterocycles. The molecule has 0 atom stereocenters. The third kappa shape index (κ3) is 4.09. The lowest BCUT2D eigenvalue weighted by atomic mass is 9.84. The van der Waals surface area contributed by atoms with Gasteiger partial charge in [-0.2, -0.15) is 0 Å². The first-order chi connectivity index (χ1) is 6.72. The Kier molecular flexibility index (Phi) is 4.94. The van der Waals surface area contributed by atoms with Gasteiger partial charge in [-0.1, -0.05) is 6.92 Å². The van der Waals surface area contributed by atoms with Crippen LogP contribution in [-0.4, -0.2) is 23.7 Å².